The van der Waals surface area contributed by atoms with Crippen LogP contribution in [0.2, 0.25) is 0 Å². The van der Waals surface area contributed by atoms with Gasteiger partial charge < -0.3 is 0 Å². The van der Waals surface area contributed by atoms with Crippen molar-refractivity contribution in [1.82, 2.24) is 9.97 Å². The topological polar surface area (TPSA) is 25.8 Å². The summed E-state index contributed by atoms with van der Waals surface area (Å²) < 4.78 is 0. The zero-order valence-electron chi connectivity index (χ0n) is 10.7. The maximum Gasteiger partial charge on any atom is 0.102 e. The average molecular weight is 266 g/mol. The van der Waals surface area contributed by atoms with Crippen LogP contribution in [0, 0.1) is 6.92 Å². The molecule has 3 aromatic rings. The van der Waals surface area contributed by atoms with E-state index in [9.17, 15) is 0 Å². The van der Waals surface area contributed by atoms with Gasteiger partial charge in [0, 0.05) is 23.0 Å². The van der Waals surface area contributed by atoms with Crippen LogP contribution in [0.3, 0.4) is 0 Å². The van der Waals surface area contributed by atoms with E-state index in [-0.39, 0.29) is 0 Å². The van der Waals surface area contributed by atoms with Gasteiger partial charge in [0.05, 0.1) is 5.52 Å². The Bertz CT molecular complexity index is 695. The molecule has 0 N–H and O–H groups in total. The molecule has 0 atom stereocenters. The van der Waals surface area contributed by atoms with Crippen LogP contribution >= 0.6 is 11.8 Å². The highest BCUT2D eigenvalue weighted by Crippen LogP contribution is 2.31. The minimum atomic E-state index is 0.956. The van der Waals surface area contributed by atoms with Crippen molar-refractivity contribution in [3.8, 4) is 0 Å². The molecule has 1 aromatic heterocycles. The van der Waals surface area contributed by atoms with E-state index in [2.05, 4.69) is 47.2 Å². The molecule has 0 saturated heterocycles. The van der Waals surface area contributed by atoms with E-state index in [4.69, 9.17) is 0 Å². The fourth-order valence-corrected chi connectivity index (χ4v) is 3.12. The number of hydrogen-bond donors (Lipinski definition) is 0. The second-order valence-electron chi connectivity index (χ2n) is 4.41. The zero-order valence-corrected chi connectivity index (χ0v) is 11.5. The molecule has 2 nitrogen and oxygen atoms in total. The van der Waals surface area contributed by atoms with E-state index in [1.807, 2.05) is 23.9 Å². The lowest BCUT2D eigenvalue weighted by molar-refractivity contribution is 1.22. The Morgan fingerprint density at radius 1 is 0.947 bits per heavy atom. The third-order valence-corrected chi connectivity index (χ3v) is 4.30. The Morgan fingerprint density at radius 2 is 1.74 bits per heavy atom. The first-order valence-corrected chi connectivity index (χ1v) is 7.20. The summed E-state index contributed by atoms with van der Waals surface area (Å²) in [7, 11) is 0. The van der Waals surface area contributed by atoms with Crippen LogP contribution in [0.1, 0.15) is 11.1 Å². The lowest BCUT2D eigenvalue weighted by Crippen LogP contribution is -1.89. The molecule has 3 heteroatoms. The fraction of sp³-hybridized carbons (Fsp3) is 0.125. The highest BCUT2D eigenvalue weighted by atomic mass is 32.2. The van der Waals surface area contributed by atoms with Crippen molar-refractivity contribution in [2.45, 2.75) is 17.6 Å². The number of fused-ring (bicyclic) bond motifs is 1. The largest absolute Gasteiger partial charge is 0.253 e. The predicted octanol–water partition coefficient (Wildman–Crippen LogP) is 4.23. The van der Waals surface area contributed by atoms with Crippen molar-refractivity contribution in [2.75, 3.05) is 0 Å². The molecule has 1 heterocycles. The summed E-state index contributed by atoms with van der Waals surface area (Å²) in [6.45, 7) is 2.13. The molecule has 3 rings (SSSR count). The number of hydrogen-bond acceptors (Lipinski definition) is 3. The first-order chi connectivity index (χ1) is 9.34. The molecule has 0 spiro atoms. The van der Waals surface area contributed by atoms with E-state index >= 15 is 0 Å². The minimum Gasteiger partial charge on any atom is -0.253 e. The van der Waals surface area contributed by atoms with Crippen LogP contribution in [0.5, 0.6) is 0 Å². The SMILES string of the molecule is Cc1ccc2nccnc2c1SCc1ccccc1. The summed E-state index contributed by atoms with van der Waals surface area (Å²) in [5.74, 6) is 0.956. The molecule has 19 heavy (non-hydrogen) atoms. The van der Waals surface area contributed by atoms with Gasteiger partial charge >= 0.3 is 0 Å². The third kappa shape index (κ3) is 2.61. The van der Waals surface area contributed by atoms with Crippen molar-refractivity contribution in [3.63, 3.8) is 0 Å². The van der Waals surface area contributed by atoms with Gasteiger partial charge in [-0.25, -0.2) is 0 Å². The molecule has 0 amide bonds. The van der Waals surface area contributed by atoms with Crippen molar-refractivity contribution in [1.29, 1.82) is 0 Å². The summed E-state index contributed by atoms with van der Waals surface area (Å²) in [6.07, 6.45) is 3.50. The maximum atomic E-state index is 4.47. The van der Waals surface area contributed by atoms with Crippen LogP contribution in [0.15, 0.2) is 59.8 Å². The second-order valence-corrected chi connectivity index (χ2v) is 5.40. The number of aryl methyl sites for hydroxylation is 1. The Labute approximate surface area is 116 Å². The van der Waals surface area contributed by atoms with Gasteiger partial charge in [-0.2, -0.15) is 0 Å². The van der Waals surface area contributed by atoms with Gasteiger partial charge in [0.1, 0.15) is 5.52 Å². The smallest absolute Gasteiger partial charge is 0.102 e. The minimum absolute atomic E-state index is 0.956. The van der Waals surface area contributed by atoms with Crippen LogP contribution in [-0.2, 0) is 5.75 Å². The Morgan fingerprint density at radius 3 is 2.58 bits per heavy atom. The molecule has 0 saturated carbocycles. The quantitative estimate of drug-likeness (QED) is 0.663. The third-order valence-electron chi connectivity index (χ3n) is 3.02. The molecule has 0 fully saturated rings. The zero-order chi connectivity index (χ0) is 13.1. The summed E-state index contributed by atoms with van der Waals surface area (Å²) in [4.78, 5) is 10.1. The number of thioether (sulfide) groups is 1. The van der Waals surface area contributed by atoms with Gasteiger partial charge in [0.25, 0.3) is 0 Å². The molecule has 0 radical (unpaired) electrons. The van der Waals surface area contributed by atoms with Gasteiger partial charge in [-0.1, -0.05) is 36.4 Å². The summed E-state index contributed by atoms with van der Waals surface area (Å²) in [6, 6.07) is 14.6. The predicted molar refractivity (Wildman–Crippen MR) is 80.3 cm³/mol. The first-order valence-electron chi connectivity index (χ1n) is 6.21. The van der Waals surface area contributed by atoms with Crippen LogP contribution in [-0.4, -0.2) is 9.97 Å². The lowest BCUT2D eigenvalue weighted by Gasteiger charge is -2.08. The van der Waals surface area contributed by atoms with E-state index in [1.165, 1.54) is 16.0 Å². The number of aromatic nitrogens is 2. The molecule has 0 aliphatic carbocycles. The molecule has 0 aliphatic rings. The van der Waals surface area contributed by atoms with Gasteiger partial charge in [-0.15, -0.1) is 11.8 Å². The molecular formula is C16H14N2S. The molecule has 0 bridgehead atoms. The number of rotatable bonds is 3. The summed E-state index contributed by atoms with van der Waals surface area (Å²) in [5, 5.41) is 0. The van der Waals surface area contributed by atoms with E-state index < -0.39 is 0 Å². The molecule has 0 aliphatic heterocycles. The van der Waals surface area contributed by atoms with Gasteiger partial charge in [-0.05, 0) is 24.1 Å². The van der Waals surface area contributed by atoms with E-state index in [0.717, 1.165) is 16.8 Å². The maximum absolute atomic E-state index is 4.47. The molecule has 2 aromatic carbocycles. The molecule has 94 valence electrons. The van der Waals surface area contributed by atoms with Crippen molar-refractivity contribution in [2.24, 2.45) is 0 Å². The van der Waals surface area contributed by atoms with Gasteiger partial charge in [0.2, 0.25) is 0 Å². The highest BCUT2D eigenvalue weighted by Gasteiger charge is 2.07. The Balaban J connectivity index is 1.94. The Hall–Kier alpha value is -1.87. The van der Waals surface area contributed by atoms with Crippen LogP contribution in [0.25, 0.3) is 11.0 Å². The monoisotopic (exact) mass is 266 g/mol. The second kappa shape index (κ2) is 5.41. The summed E-state index contributed by atoms with van der Waals surface area (Å²) in [5.41, 5.74) is 4.55. The summed E-state index contributed by atoms with van der Waals surface area (Å²) >= 11 is 1.83. The van der Waals surface area contributed by atoms with Crippen LogP contribution < -0.4 is 0 Å². The lowest BCUT2D eigenvalue weighted by atomic mass is 10.2. The number of benzene rings is 2. The first kappa shape index (κ1) is 12.2. The van der Waals surface area contributed by atoms with Gasteiger partial charge in [-0.3, -0.25) is 9.97 Å². The molecular weight excluding hydrogens is 252 g/mol. The Kier molecular flexibility index (Phi) is 3.47. The normalized spacial score (nSPS) is 10.8. The van der Waals surface area contributed by atoms with E-state index in [0.29, 0.717) is 0 Å². The van der Waals surface area contributed by atoms with Crippen molar-refractivity contribution in [3.05, 3.63) is 66.0 Å². The molecule has 0 unspecified atom stereocenters. The van der Waals surface area contributed by atoms with Crippen LogP contribution in [0.4, 0.5) is 0 Å². The van der Waals surface area contributed by atoms with E-state index in [1.54, 1.807) is 12.4 Å². The number of nitrogens with zero attached hydrogens (tertiary/aromatic N) is 2. The van der Waals surface area contributed by atoms with Crippen molar-refractivity contribution < 1.29 is 0 Å². The fourth-order valence-electron chi connectivity index (χ4n) is 2.02. The van der Waals surface area contributed by atoms with Crippen molar-refractivity contribution >= 4 is 22.8 Å². The average Bonchev–Trinajstić information content (AvgIpc) is 2.47. The standard InChI is InChI=1S/C16H14N2S/c1-12-7-8-14-15(18-10-9-17-14)16(12)19-11-13-5-3-2-4-6-13/h2-10H,11H2,1H3. The van der Waals surface area contributed by atoms with Gasteiger partial charge in [0.15, 0.2) is 0 Å². The highest BCUT2D eigenvalue weighted by molar-refractivity contribution is 7.98.